The highest BCUT2D eigenvalue weighted by molar-refractivity contribution is 7.99. The molecule has 2 amide bonds. The maximum atomic E-state index is 13.8. The summed E-state index contributed by atoms with van der Waals surface area (Å²) in [6.45, 7) is 0.305. The number of hydrogen-bond acceptors (Lipinski definition) is 3. The molecule has 4 rings (SSSR count). The lowest BCUT2D eigenvalue weighted by molar-refractivity contribution is -0.139. The number of carbonyl (C=O) groups is 2. The van der Waals surface area contributed by atoms with Crippen LogP contribution in [0.2, 0.25) is 15.1 Å². The summed E-state index contributed by atoms with van der Waals surface area (Å²) in [5.41, 5.74) is 2.72. The first-order valence-corrected chi connectivity index (χ1v) is 15.6. The number of halogens is 3. The van der Waals surface area contributed by atoms with Crippen molar-refractivity contribution in [3.63, 3.8) is 0 Å². The first kappa shape index (κ1) is 29.8. The minimum Gasteiger partial charge on any atom is -0.352 e. The van der Waals surface area contributed by atoms with Crippen LogP contribution in [0.3, 0.4) is 0 Å². The van der Waals surface area contributed by atoms with Gasteiger partial charge >= 0.3 is 0 Å². The summed E-state index contributed by atoms with van der Waals surface area (Å²) in [4.78, 5) is 29.4. The van der Waals surface area contributed by atoms with Crippen LogP contribution in [0.5, 0.6) is 0 Å². The molecule has 4 nitrogen and oxygen atoms in total. The van der Waals surface area contributed by atoms with Crippen molar-refractivity contribution in [1.29, 1.82) is 0 Å². The second-order valence-corrected chi connectivity index (χ2v) is 12.1. The summed E-state index contributed by atoms with van der Waals surface area (Å²) in [6.07, 6.45) is 5.81. The molecule has 8 heteroatoms. The van der Waals surface area contributed by atoms with Gasteiger partial charge in [0.05, 0.1) is 5.75 Å². The molecule has 39 heavy (non-hydrogen) atoms. The SMILES string of the molecule is O=C(NC1CCCCC1)[C@@H](Cc1ccccc1)N(Cc1ccc(Cl)cc1)C(=O)CSCc1c(Cl)cccc1Cl. The van der Waals surface area contributed by atoms with Crippen molar-refractivity contribution in [3.8, 4) is 0 Å². The molecule has 1 aliphatic carbocycles. The predicted octanol–water partition coefficient (Wildman–Crippen LogP) is 7.97. The standard InChI is InChI=1S/C31H33Cl3N2O2S/c32-24-16-14-23(15-17-24)19-36(30(37)21-39-20-26-27(33)12-7-13-28(26)34)29(18-22-8-3-1-4-9-22)31(38)35-25-10-5-2-6-11-25/h1,3-4,7-9,12-17,25,29H,2,5-6,10-11,18-21H2,(H,35,38)/t29-/m1/s1. The molecule has 0 aromatic heterocycles. The molecule has 0 radical (unpaired) electrons. The predicted molar refractivity (Wildman–Crippen MR) is 164 cm³/mol. The molecule has 1 aliphatic rings. The summed E-state index contributed by atoms with van der Waals surface area (Å²) >= 11 is 20.3. The van der Waals surface area contributed by atoms with E-state index in [9.17, 15) is 9.59 Å². The van der Waals surface area contributed by atoms with Crippen LogP contribution in [0, 0.1) is 0 Å². The average molecular weight is 604 g/mol. The molecule has 0 saturated heterocycles. The topological polar surface area (TPSA) is 49.4 Å². The van der Waals surface area contributed by atoms with Crippen LogP contribution in [-0.2, 0) is 28.3 Å². The van der Waals surface area contributed by atoms with Gasteiger partial charge in [0.1, 0.15) is 6.04 Å². The van der Waals surface area contributed by atoms with E-state index in [4.69, 9.17) is 34.8 Å². The lowest BCUT2D eigenvalue weighted by atomic mass is 9.94. The first-order chi connectivity index (χ1) is 18.9. The minimum absolute atomic E-state index is 0.104. The van der Waals surface area contributed by atoms with E-state index in [-0.39, 0.29) is 23.6 Å². The van der Waals surface area contributed by atoms with E-state index in [0.29, 0.717) is 33.8 Å². The number of benzene rings is 3. The van der Waals surface area contributed by atoms with Crippen LogP contribution in [0.4, 0.5) is 0 Å². The van der Waals surface area contributed by atoms with Gasteiger partial charge < -0.3 is 10.2 Å². The zero-order chi connectivity index (χ0) is 27.6. The van der Waals surface area contributed by atoms with Crippen LogP contribution < -0.4 is 5.32 Å². The third-order valence-electron chi connectivity index (χ3n) is 7.02. The maximum absolute atomic E-state index is 13.8. The molecule has 1 N–H and O–H groups in total. The molecular formula is C31H33Cl3N2O2S. The van der Waals surface area contributed by atoms with E-state index in [1.807, 2.05) is 54.6 Å². The second kappa shape index (κ2) is 15.0. The summed E-state index contributed by atoms with van der Waals surface area (Å²) in [7, 11) is 0. The Morgan fingerprint density at radius 2 is 1.51 bits per heavy atom. The third-order valence-corrected chi connectivity index (χ3v) is 8.93. The number of rotatable bonds is 11. The zero-order valence-electron chi connectivity index (χ0n) is 21.8. The van der Waals surface area contributed by atoms with Gasteiger partial charge in [-0.25, -0.2) is 0 Å². The highest BCUT2D eigenvalue weighted by atomic mass is 35.5. The molecule has 3 aromatic carbocycles. The Morgan fingerprint density at radius 1 is 0.846 bits per heavy atom. The largest absolute Gasteiger partial charge is 0.352 e. The lowest BCUT2D eigenvalue weighted by Gasteiger charge is -2.33. The molecule has 1 atom stereocenters. The molecule has 1 saturated carbocycles. The van der Waals surface area contributed by atoms with Gasteiger partial charge in [-0.2, -0.15) is 0 Å². The van der Waals surface area contributed by atoms with Crippen molar-refractivity contribution in [2.24, 2.45) is 0 Å². The van der Waals surface area contributed by atoms with E-state index in [0.717, 1.165) is 42.4 Å². The van der Waals surface area contributed by atoms with Crippen LogP contribution in [0.25, 0.3) is 0 Å². The van der Waals surface area contributed by atoms with Crippen LogP contribution in [0.15, 0.2) is 72.8 Å². The number of nitrogens with one attached hydrogen (secondary N) is 1. The van der Waals surface area contributed by atoms with E-state index >= 15 is 0 Å². The van der Waals surface area contributed by atoms with Gasteiger partial charge in [0.15, 0.2) is 0 Å². The molecule has 0 heterocycles. The molecule has 206 valence electrons. The van der Waals surface area contributed by atoms with Gasteiger partial charge in [-0.3, -0.25) is 9.59 Å². The van der Waals surface area contributed by atoms with E-state index in [1.54, 1.807) is 23.1 Å². The fraction of sp³-hybridized carbons (Fsp3) is 0.355. The smallest absolute Gasteiger partial charge is 0.243 e. The Kier molecular flexibility index (Phi) is 11.5. The van der Waals surface area contributed by atoms with Gasteiger partial charge in [0.2, 0.25) is 11.8 Å². The molecule has 0 aliphatic heterocycles. The van der Waals surface area contributed by atoms with Gasteiger partial charge in [-0.15, -0.1) is 11.8 Å². The first-order valence-electron chi connectivity index (χ1n) is 13.3. The van der Waals surface area contributed by atoms with E-state index < -0.39 is 6.04 Å². The van der Waals surface area contributed by atoms with E-state index in [2.05, 4.69) is 5.32 Å². The highest BCUT2D eigenvalue weighted by Crippen LogP contribution is 2.29. The Bertz CT molecular complexity index is 1210. The summed E-state index contributed by atoms with van der Waals surface area (Å²) in [5.74, 6) is 0.471. The second-order valence-electron chi connectivity index (χ2n) is 9.89. The monoisotopic (exact) mass is 602 g/mol. The van der Waals surface area contributed by atoms with Gasteiger partial charge in [-0.05, 0) is 53.8 Å². The summed E-state index contributed by atoms with van der Waals surface area (Å²) in [5, 5.41) is 5.05. The minimum atomic E-state index is -0.651. The number of carbonyl (C=O) groups excluding carboxylic acids is 2. The normalized spacial score (nSPS) is 14.5. The van der Waals surface area contributed by atoms with Gasteiger partial charge in [0.25, 0.3) is 0 Å². The van der Waals surface area contributed by atoms with Crippen LogP contribution in [-0.4, -0.2) is 34.6 Å². The molecular weight excluding hydrogens is 571 g/mol. The molecule has 3 aromatic rings. The van der Waals surface area contributed by atoms with Crippen molar-refractivity contribution in [3.05, 3.63) is 105 Å². The maximum Gasteiger partial charge on any atom is 0.243 e. The van der Waals surface area contributed by atoms with Gasteiger partial charge in [-0.1, -0.05) is 103 Å². The quantitative estimate of drug-likeness (QED) is 0.242. The van der Waals surface area contributed by atoms with Crippen molar-refractivity contribution in [2.45, 2.75) is 62.9 Å². The molecule has 0 bridgehead atoms. The van der Waals surface area contributed by atoms with Crippen molar-refractivity contribution >= 4 is 58.4 Å². The van der Waals surface area contributed by atoms with Crippen molar-refractivity contribution in [2.75, 3.05) is 5.75 Å². The Labute approximate surface area is 250 Å². The molecule has 0 spiro atoms. The van der Waals surface area contributed by atoms with E-state index in [1.165, 1.54) is 18.2 Å². The molecule has 0 unspecified atom stereocenters. The fourth-order valence-corrected chi connectivity index (χ4v) is 6.65. The Morgan fingerprint density at radius 3 is 2.18 bits per heavy atom. The van der Waals surface area contributed by atoms with Crippen molar-refractivity contribution < 1.29 is 9.59 Å². The number of hydrogen-bond donors (Lipinski definition) is 1. The fourth-order valence-electron chi connectivity index (χ4n) is 4.88. The van der Waals surface area contributed by atoms with Crippen LogP contribution in [0.1, 0.15) is 48.8 Å². The summed E-state index contributed by atoms with van der Waals surface area (Å²) < 4.78 is 0. The number of thioether (sulfide) groups is 1. The average Bonchev–Trinajstić information content (AvgIpc) is 2.94. The zero-order valence-corrected chi connectivity index (χ0v) is 24.8. The van der Waals surface area contributed by atoms with Crippen LogP contribution >= 0.6 is 46.6 Å². The summed E-state index contributed by atoms with van der Waals surface area (Å²) in [6, 6.07) is 22.2. The third kappa shape index (κ3) is 8.91. The van der Waals surface area contributed by atoms with Crippen molar-refractivity contribution in [1.82, 2.24) is 10.2 Å². The number of amides is 2. The Balaban J connectivity index is 1.57. The molecule has 1 fully saturated rings. The Hall–Kier alpha value is -2.18. The highest BCUT2D eigenvalue weighted by Gasteiger charge is 2.32. The lowest BCUT2D eigenvalue weighted by Crippen LogP contribution is -2.53. The number of nitrogens with zero attached hydrogens (tertiary/aromatic N) is 1. The van der Waals surface area contributed by atoms with Gasteiger partial charge in [0, 0.05) is 39.8 Å².